The zero-order valence-electron chi connectivity index (χ0n) is 21.6. The topological polar surface area (TPSA) is 176 Å². The number of nitrogens with zero attached hydrogens (tertiary/aromatic N) is 4. The number of imidazole rings is 1. The van der Waals surface area contributed by atoms with E-state index in [1.54, 1.807) is 6.20 Å². The summed E-state index contributed by atoms with van der Waals surface area (Å²) in [4.78, 5) is 40.3. The van der Waals surface area contributed by atoms with Crippen molar-refractivity contribution in [1.29, 1.82) is 0 Å². The SMILES string of the molecule is CC.O=C(O)CNCCn1c(NC2CCN(Cc3ccccc3)CC2)nc2cccnc21.O=C([O-])C(=O)[O-]. The monoisotopic (exact) mass is 526 g/mol. The molecule has 0 radical (unpaired) electrons. The minimum Gasteiger partial charge on any atom is -0.543 e. The molecule has 0 saturated carbocycles. The Morgan fingerprint density at radius 2 is 1.68 bits per heavy atom. The van der Waals surface area contributed by atoms with E-state index in [0.717, 1.165) is 49.6 Å². The van der Waals surface area contributed by atoms with Gasteiger partial charge in [-0.25, -0.2) is 9.97 Å². The molecule has 206 valence electrons. The van der Waals surface area contributed by atoms with Crippen molar-refractivity contribution in [2.24, 2.45) is 0 Å². The highest BCUT2D eigenvalue weighted by Gasteiger charge is 2.21. The summed E-state index contributed by atoms with van der Waals surface area (Å²) in [5.74, 6) is -4.42. The Morgan fingerprint density at radius 3 is 2.29 bits per heavy atom. The van der Waals surface area contributed by atoms with Gasteiger partial charge < -0.3 is 35.5 Å². The van der Waals surface area contributed by atoms with Gasteiger partial charge in [-0.2, -0.15) is 0 Å². The number of fused-ring (bicyclic) bond motifs is 1. The normalized spacial score (nSPS) is 13.5. The van der Waals surface area contributed by atoms with Gasteiger partial charge in [0, 0.05) is 45.0 Å². The van der Waals surface area contributed by atoms with Crippen molar-refractivity contribution in [2.75, 3.05) is 31.5 Å². The van der Waals surface area contributed by atoms with Gasteiger partial charge in [0.1, 0.15) is 5.52 Å². The van der Waals surface area contributed by atoms with Gasteiger partial charge in [-0.1, -0.05) is 44.2 Å². The highest BCUT2D eigenvalue weighted by atomic mass is 16.4. The van der Waals surface area contributed by atoms with E-state index in [9.17, 15) is 4.79 Å². The number of aliphatic carboxylic acids is 3. The van der Waals surface area contributed by atoms with Crippen LogP contribution in [0.1, 0.15) is 32.3 Å². The molecule has 12 nitrogen and oxygen atoms in total. The molecule has 1 aliphatic heterocycles. The fourth-order valence-corrected chi connectivity index (χ4v) is 3.93. The number of carbonyl (C=O) groups is 3. The van der Waals surface area contributed by atoms with Gasteiger partial charge in [0.25, 0.3) is 0 Å². The lowest BCUT2D eigenvalue weighted by Crippen LogP contribution is -2.42. The van der Waals surface area contributed by atoms with Crippen molar-refractivity contribution in [3.05, 3.63) is 54.2 Å². The lowest BCUT2D eigenvalue weighted by Gasteiger charge is -2.32. The quantitative estimate of drug-likeness (QED) is 0.246. The van der Waals surface area contributed by atoms with Gasteiger partial charge in [-0.15, -0.1) is 0 Å². The molecule has 4 rings (SSSR count). The number of piperidine rings is 1. The Kier molecular flexibility index (Phi) is 12.7. The number of carboxylic acid groups (broad SMARTS) is 3. The van der Waals surface area contributed by atoms with Crippen LogP contribution in [0, 0.1) is 0 Å². The van der Waals surface area contributed by atoms with Crippen LogP contribution >= 0.6 is 0 Å². The Labute approximate surface area is 221 Å². The fraction of sp³-hybridized carbons (Fsp3) is 0.423. The van der Waals surface area contributed by atoms with Crippen LogP contribution in [0.15, 0.2) is 48.7 Å². The number of carboxylic acids is 3. The number of rotatable bonds is 9. The average Bonchev–Trinajstić information content (AvgIpc) is 3.26. The van der Waals surface area contributed by atoms with Crippen LogP contribution < -0.4 is 20.8 Å². The van der Waals surface area contributed by atoms with Gasteiger partial charge in [0.05, 0.1) is 18.5 Å². The number of hydrogen-bond acceptors (Lipinski definition) is 10. The van der Waals surface area contributed by atoms with E-state index >= 15 is 0 Å². The van der Waals surface area contributed by atoms with Crippen LogP contribution in [0.3, 0.4) is 0 Å². The van der Waals surface area contributed by atoms with Crippen molar-refractivity contribution in [3.8, 4) is 0 Å². The summed E-state index contributed by atoms with van der Waals surface area (Å²) >= 11 is 0. The summed E-state index contributed by atoms with van der Waals surface area (Å²) in [5, 5.41) is 33.2. The van der Waals surface area contributed by atoms with E-state index < -0.39 is 17.9 Å². The Morgan fingerprint density at radius 1 is 1.03 bits per heavy atom. The molecule has 1 aliphatic rings. The minimum absolute atomic E-state index is 0.0529. The second-order valence-electron chi connectivity index (χ2n) is 8.26. The molecule has 0 aliphatic carbocycles. The van der Waals surface area contributed by atoms with Crippen LogP contribution in [0.2, 0.25) is 0 Å². The summed E-state index contributed by atoms with van der Waals surface area (Å²) in [6, 6.07) is 14.8. The highest BCUT2D eigenvalue weighted by Crippen LogP contribution is 2.21. The minimum atomic E-state index is -2.19. The number of likely N-dealkylation sites (tertiary alicyclic amines) is 1. The highest BCUT2D eigenvalue weighted by molar-refractivity contribution is 6.25. The van der Waals surface area contributed by atoms with Gasteiger partial charge in [-0.05, 0) is 30.5 Å². The lowest BCUT2D eigenvalue weighted by molar-refractivity contribution is -0.345. The maximum atomic E-state index is 10.7. The van der Waals surface area contributed by atoms with Gasteiger partial charge in [0.2, 0.25) is 5.95 Å². The van der Waals surface area contributed by atoms with E-state index in [1.165, 1.54) is 5.56 Å². The van der Waals surface area contributed by atoms with Gasteiger partial charge in [-0.3, -0.25) is 14.3 Å². The van der Waals surface area contributed by atoms with Crippen molar-refractivity contribution < 1.29 is 29.7 Å². The number of aromatic nitrogens is 3. The predicted octanol–water partition coefficient (Wildman–Crippen LogP) is -0.306. The van der Waals surface area contributed by atoms with Gasteiger partial charge >= 0.3 is 5.97 Å². The molecule has 0 amide bonds. The van der Waals surface area contributed by atoms with Crippen LogP contribution in [-0.4, -0.2) is 74.7 Å². The zero-order valence-corrected chi connectivity index (χ0v) is 21.6. The lowest BCUT2D eigenvalue weighted by atomic mass is 10.0. The van der Waals surface area contributed by atoms with Crippen LogP contribution in [-0.2, 0) is 27.5 Å². The predicted molar refractivity (Wildman–Crippen MR) is 138 cm³/mol. The summed E-state index contributed by atoms with van der Waals surface area (Å²) in [6.07, 6.45) is 3.87. The third kappa shape index (κ3) is 9.79. The van der Waals surface area contributed by atoms with E-state index in [0.29, 0.717) is 19.1 Å². The molecule has 3 aromatic rings. The fourth-order valence-electron chi connectivity index (χ4n) is 3.93. The first-order valence-electron chi connectivity index (χ1n) is 12.5. The maximum Gasteiger partial charge on any atom is 0.317 e. The van der Waals surface area contributed by atoms with Crippen LogP contribution in [0.25, 0.3) is 11.2 Å². The molecule has 0 bridgehead atoms. The molecule has 3 N–H and O–H groups in total. The Bertz CT molecular complexity index is 1150. The molecule has 38 heavy (non-hydrogen) atoms. The van der Waals surface area contributed by atoms with Crippen molar-refractivity contribution >= 4 is 35.0 Å². The molecule has 3 heterocycles. The molecular formula is C26H34N6O6-2. The third-order valence-electron chi connectivity index (χ3n) is 5.63. The standard InChI is InChI=1S/C22H28N6O2.C2H2O4.C2H6/c29-20(30)15-23-11-14-28-21-19(7-4-10-24-21)26-22(28)25-18-8-12-27(13-9-18)16-17-5-2-1-3-6-17;3-1(4)2(5)6;1-2/h1-7,10,18,23H,8-9,11-16H2,(H,25,26)(H,29,30);(H,3,4)(H,5,6);1-2H3/p-2. The number of benzene rings is 1. The molecule has 2 aromatic heterocycles. The average molecular weight is 527 g/mol. The number of carbonyl (C=O) groups excluding carboxylic acids is 2. The first-order valence-corrected chi connectivity index (χ1v) is 12.5. The van der Waals surface area contributed by atoms with E-state index in [1.807, 2.05) is 30.5 Å². The molecule has 0 unspecified atom stereocenters. The van der Waals surface area contributed by atoms with Crippen LogP contribution in [0.4, 0.5) is 5.95 Å². The summed E-state index contributed by atoms with van der Waals surface area (Å²) in [7, 11) is 0. The second kappa shape index (κ2) is 15.9. The summed E-state index contributed by atoms with van der Waals surface area (Å²) < 4.78 is 2.04. The first-order chi connectivity index (χ1) is 18.3. The molecule has 1 aromatic carbocycles. The van der Waals surface area contributed by atoms with Gasteiger partial charge in [0.15, 0.2) is 5.65 Å². The number of pyridine rings is 1. The van der Waals surface area contributed by atoms with E-state index in [-0.39, 0.29) is 6.54 Å². The van der Waals surface area contributed by atoms with E-state index in [4.69, 9.17) is 29.9 Å². The van der Waals surface area contributed by atoms with E-state index in [2.05, 4.69) is 50.8 Å². The Balaban J connectivity index is 0.000000560. The molecule has 1 saturated heterocycles. The number of nitrogens with one attached hydrogen (secondary N) is 2. The third-order valence-corrected chi connectivity index (χ3v) is 5.63. The second-order valence-corrected chi connectivity index (χ2v) is 8.26. The molecule has 12 heteroatoms. The Hall–Kier alpha value is -4.03. The summed E-state index contributed by atoms with van der Waals surface area (Å²) in [5.41, 5.74) is 3.02. The molecule has 0 spiro atoms. The van der Waals surface area contributed by atoms with Crippen molar-refractivity contribution in [2.45, 2.75) is 45.8 Å². The maximum absolute atomic E-state index is 10.7. The largest absolute Gasteiger partial charge is 0.543 e. The van der Waals surface area contributed by atoms with Crippen molar-refractivity contribution in [1.82, 2.24) is 24.8 Å². The van der Waals surface area contributed by atoms with Crippen LogP contribution in [0.5, 0.6) is 0 Å². The molecular weight excluding hydrogens is 492 g/mol. The number of anilines is 1. The summed E-state index contributed by atoms with van der Waals surface area (Å²) in [6.45, 7) is 8.18. The molecule has 0 atom stereocenters. The number of hydrogen-bond donors (Lipinski definition) is 3. The molecule has 1 fully saturated rings. The first kappa shape index (κ1) is 30.2. The van der Waals surface area contributed by atoms with Crippen molar-refractivity contribution in [3.63, 3.8) is 0 Å². The zero-order chi connectivity index (χ0) is 27.9. The smallest absolute Gasteiger partial charge is 0.317 e.